The fourth-order valence-corrected chi connectivity index (χ4v) is 1.30. The third-order valence-electron chi connectivity index (χ3n) is 2.60. The molecule has 16 heavy (non-hydrogen) atoms. The van der Waals surface area contributed by atoms with Gasteiger partial charge >= 0.3 is 5.69 Å². The molecule has 88 valence electrons. The molecule has 0 aromatic carbocycles. The number of anilines is 2. The molecule has 1 rings (SSSR count). The summed E-state index contributed by atoms with van der Waals surface area (Å²) in [4.78, 5) is 19.6. The van der Waals surface area contributed by atoms with Gasteiger partial charge in [0.15, 0.2) is 0 Å². The second kappa shape index (κ2) is 4.73. The van der Waals surface area contributed by atoms with Gasteiger partial charge in [-0.2, -0.15) is 0 Å². The first-order valence-corrected chi connectivity index (χ1v) is 4.96. The van der Waals surface area contributed by atoms with Crippen LogP contribution in [0.5, 0.6) is 0 Å². The van der Waals surface area contributed by atoms with E-state index in [9.17, 15) is 10.1 Å². The third-order valence-corrected chi connectivity index (χ3v) is 2.60. The molecule has 0 fully saturated rings. The molecular weight excluding hydrogens is 210 g/mol. The first-order chi connectivity index (χ1) is 7.49. The van der Waals surface area contributed by atoms with Crippen LogP contribution in [0, 0.1) is 10.1 Å². The summed E-state index contributed by atoms with van der Waals surface area (Å²) in [5.41, 5.74) is 5.25. The van der Waals surface area contributed by atoms with Crippen molar-refractivity contribution in [3.8, 4) is 0 Å². The lowest BCUT2D eigenvalue weighted by Gasteiger charge is -2.24. The van der Waals surface area contributed by atoms with Gasteiger partial charge in [-0.15, -0.1) is 0 Å². The molecule has 0 radical (unpaired) electrons. The van der Waals surface area contributed by atoms with E-state index in [4.69, 9.17) is 5.73 Å². The maximum atomic E-state index is 10.9. The van der Waals surface area contributed by atoms with E-state index in [1.165, 1.54) is 6.33 Å². The van der Waals surface area contributed by atoms with Gasteiger partial charge in [0.2, 0.25) is 11.6 Å². The highest BCUT2D eigenvalue weighted by Crippen LogP contribution is 2.30. The van der Waals surface area contributed by atoms with Crippen LogP contribution in [0.1, 0.15) is 20.3 Å². The maximum Gasteiger partial charge on any atom is 0.353 e. The Morgan fingerprint density at radius 2 is 2.25 bits per heavy atom. The quantitative estimate of drug-likeness (QED) is 0.610. The van der Waals surface area contributed by atoms with Crippen molar-refractivity contribution in [2.45, 2.75) is 26.3 Å². The lowest BCUT2D eigenvalue weighted by Crippen LogP contribution is -2.29. The molecule has 1 unspecified atom stereocenters. The first kappa shape index (κ1) is 12.2. The summed E-state index contributed by atoms with van der Waals surface area (Å²) >= 11 is 0. The van der Waals surface area contributed by atoms with Crippen molar-refractivity contribution in [2.24, 2.45) is 0 Å². The largest absolute Gasteiger partial charge is 0.378 e. The van der Waals surface area contributed by atoms with Crippen molar-refractivity contribution in [3.63, 3.8) is 0 Å². The van der Waals surface area contributed by atoms with Gasteiger partial charge in [-0.25, -0.2) is 9.97 Å². The Balaban J connectivity index is 3.22. The molecule has 0 saturated heterocycles. The molecule has 0 saturated carbocycles. The van der Waals surface area contributed by atoms with Gasteiger partial charge in [0.05, 0.1) is 4.92 Å². The third kappa shape index (κ3) is 2.18. The molecular formula is C9H15N5O2. The number of nitrogen functional groups attached to an aromatic ring is 1. The molecule has 2 N–H and O–H groups in total. The zero-order chi connectivity index (χ0) is 12.3. The number of rotatable bonds is 4. The second-order valence-corrected chi connectivity index (χ2v) is 3.56. The van der Waals surface area contributed by atoms with E-state index in [0.29, 0.717) is 0 Å². The maximum absolute atomic E-state index is 10.9. The molecule has 7 nitrogen and oxygen atoms in total. The average Bonchev–Trinajstić information content (AvgIpc) is 2.26. The van der Waals surface area contributed by atoms with Crippen LogP contribution in [0.3, 0.4) is 0 Å². The number of nitro groups is 1. The van der Waals surface area contributed by atoms with E-state index < -0.39 is 4.92 Å². The van der Waals surface area contributed by atoms with Crippen molar-refractivity contribution in [1.29, 1.82) is 0 Å². The van der Waals surface area contributed by atoms with E-state index in [0.717, 1.165) is 6.42 Å². The Morgan fingerprint density at radius 3 is 2.75 bits per heavy atom. The minimum Gasteiger partial charge on any atom is -0.378 e. The SMILES string of the molecule is CCC(C)N(C)c1ncnc(N)c1[N+](=O)[O-]. The molecule has 7 heteroatoms. The van der Waals surface area contributed by atoms with Gasteiger partial charge in [0.1, 0.15) is 6.33 Å². The Labute approximate surface area is 93.4 Å². The van der Waals surface area contributed by atoms with E-state index in [1.54, 1.807) is 11.9 Å². The minimum atomic E-state index is -0.552. The standard InChI is InChI=1S/C9H15N5O2/c1-4-6(2)13(3)9-7(14(15)16)8(10)11-5-12-9/h5-6H,4H2,1-3H3,(H2,10,11,12). The van der Waals surface area contributed by atoms with Gasteiger partial charge in [-0.1, -0.05) is 6.92 Å². The van der Waals surface area contributed by atoms with Crippen LogP contribution in [0.2, 0.25) is 0 Å². The highest BCUT2D eigenvalue weighted by atomic mass is 16.6. The van der Waals surface area contributed by atoms with Crippen molar-refractivity contribution < 1.29 is 4.92 Å². The predicted octanol–water partition coefficient (Wildman–Crippen LogP) is 1.20. The Kier molecular flexibility index (Phi) is 3.60. The van der Waals surface area contributed by atoms with Crippen molar-refractivity contribution in [2.75, 3.05) is 17.7 Å². The summed E-state index contributed by atoms with van der Waals surface area (Å²) in [7, 11) is 1.75. The summed E-state index contributed by atoms with van der Waals surface area (Å²) in [6.45, 7) is 3.96. The summed E-state index contributed by atoms with van der Waals surface area (Å²) in [6, 6.07) is 0.146. The molecule has 0 aliphatic heterocycles. The lowest BCUT2D eigenvalue weighted by atomic mass is 10.2. The van der Waals surface area contributed by atoms with Gasteiger partial charge in [0.25, 0.3) is 0 Å². The van der Waals surface area contributed by atoms with Crippen molar-refractivity contribution >= 4 is 17.3 Å². The molecule has 1 atom stereocenters. The second-order valence-electron chi connectivity index (χ2n) is 3.56. The zero-order valence-corrected chi connectivity index (χ0v) is 9.54. The molecule has 0 aliphatic carbocycles. The monoisotopic (exact) mass is 225 g/mol. The first-order valence-electron chi connectivity index (χ1n) is 4.96. The van der Waals surface area contributed by atoms with Gasteiger partial charge in [0, 0.05) is 13.1 Å². The van der Waals surface area contributed by atoms with E-state index >= 15 is 0 Å². The predicted molar refractivity (Wildman–Crippen MR) is 61.3 cm³/mol. The topological polar surface area (TPSA) is 98.2 Å². The average molecular weight is 225 g/mol. The van der Waals surface area contributed by atoms with Crippen LogP contribution < -0.4 is 10.6 Å². The summed E-state index contributed by atoms with van der Waals surface area (Å²) in [5, 5.41) is 10.9. The minimum absolute atomic E-state index is 0.106. The van der Waals surface area contributed by atoms with Gasteiger partial charge < -0.3 is 10.6 Å². The summed E-state index contributed by atoms with van der Waals surface area (Å²) < 4.78 is 0. The lowest BCUT2D eigenvalue weighted by molar-refractivity contribution is -0.383. The van der Waals surface area contributed by atoms with Crippen molar-refractivity contribution in [1.82, 2.24) is 9.97 Å². The van der Waals surface area contributed by atoms with Crippen LogP contribution in [-0.4, -0.2) is 28.0 Å². The van der Waals surface area contributed by atoms with Crippen LogP contribution in [-0.2, 0) is 0 Å². The zero-order valence-electron chi connectivity index (χ0n) is 9.54. The van der Waals surface area contributed by atoms with Crippen LogP contribution in [0.15, 0.2) is 6.33 Å². The molecule has 0 spiro atoms. The van der Waals surface area contributed by atoms with E-state index in [2.05, 4.69) is 9.97 Å². The summed E-state index contributed by atoms with van der Waals surface area (Å²) in [6.07, 6.45) is 2.09. The number of hydrogen-bond acceptors (Lipinski definition) is 6. The normalized spacial score (nSPS) is 12.2. The molecule has 1 aromatic rings. The fraction of sp³-hybridized carbons (Fsp3) is 0.556. The fourth-order valence-electron chi connectivity index (χ4n) is 1.30. The molecule has 1 heterocycles. The van der Waals surface area contributed by atoms with E-state index in [-0.39, 0.29) is 23.4 Å². The molecule has 1 aromatic heterocycles. The number of nitrogens with zero attached hydrogens (tertiary/aromatic N) is 4. The molecule has 0 amide bonds. The van der Waals surface area contributed by atoms with Crippen LogP contribution >= 0.6 is 0 Å². The molecule has 0 bridgehead atoms. The smallest absolute Gasteiger partial charge is 0.353 e. The highest BCUT2D eigenvalue weighted by molar-refractivity contribution is 5.68. The van der Waals surface area contributed by atoms with Crippen LogP contribution in [0.25, 0.3) is 0 Å². The molecule has 0 aliphatic rings. The number of nitrogens with two attached hydrogens (primary N) is 1. The Hall–Kier alpha value is -1.92. The Bertz CT molecular complexity index is 395. The number of hydrogen-bond donors (Lipinski definition) is 1. The number of aromatic nitrogens is 2. The highest BCUT2D eigenvalue weighted by Gasteiger charge is 2.25. The van der Waals surface area contributed by atoms with Crippen LogP contribution in [0.4, 0.5) is 17.3 Å². The van der Waals surface area contributed by atoms with E-state index in [1.807, 2.05) is 13.8 Å². The van der Waals surface area contributed by atoms with Gasteiger partial charge in [-0.3, -0.25) is 10.1 Å². The van der Waals surface area contributed by atoms with Crippen molar-refractivity contribution in [3.05, 3.63) is 16.4 Å². The Morgan fingerprint density at radius 1 is 1.62 bits per heavy atom. The van der Waals surface area contributed by atoms with Gasteiger partial charge in [-0.05, 0) is 13.3 Å². The summed E-state index contributed by atoms with van der Waals surface area (Å²) in [5.74, 6) is 0.150.